The summed E-state index contributed by atoms with van der Waals surface area (Å²) < 4.78 is 26.8. The van der Waals surface area contributed by atoms with E-state index in [9.17, 15) is 18.0 Å². The van der Waals surface area contributed by atoms with Crippen LogP contribution in [0.4, 0.5) is 0 Å². The second-order valence-corrected chi connectivity index (χ2v) is 8.67. The molecule has 0 aromatic heterocycles. The molecule has 1 heterocycles. The van der Waals surface area contributed by atoms with E-state index < -0.39 is 21.3 Å². The molecule has 1 N–H and O–H groups in total. The standard InChI is InChI=1S/C22H17NO4S/c1-15-7-9-18(10-8-15)28(26,27)20-19(16-5-3-2-4-6-16)22(23-21(20)25)13-11-17(24)12-14-22/h2-14H,1H3,(H,23,25). The zero-order chi connectivity index (χ0) is 19.9. The molecule has 1 amide bonds. The van der Waals surface area contributed by atoms with Gasteiger partial charge >= 0.3 is 0 Å². The van der Waals surface area contributed by atoms with Gasteiger partial charge in [-0.15, -0.1) is 0 Å². The molecule has 0 bridgehead atoms. The first-order valence-electron chi connectivity index (χ1n) is 8.70. The summed E-state index contributed by atoms with van der Waals surface area (Å²) in [6, 6.07) is 15.2. The number of carbonyl (C=O) groups is 2. The van der Waals surface area contributed by atoms with Gasteiger partial charge in [-0.05, 0) is 48.9 Å². The summed E-state index contributed by atoms with van der Waals surface area (Å²) >= 11 is 0. The van der Waals surface area contributed by atoms with Gasteiger partial charge in [-0.2, -0.15) is 0 Å². The smallest absolute Gasteiger partial charge is 0.264 e. The highest BCUT2D eigenvalue weighted by Gasteiger charge is 2.48. The van der Waals surface area contributed by atoms with E-state index in [0.29, 0.717) is 11.1 Å². The SMILES string of the molecule is Cc1ccc(S(=O)(=O)C2=C(c3ccccc3)C3(C=CC(=O)C=C3)NC2=O)cc1. The Hall–Kier alpha value is -3.25. The maximum absolute atomic E-state index is 13.4. The van der Waals surface area contributed by atoms with Gasteiger partial charge < -0.3 is 5.32 Å². The fraction of sp³-hybridized carbons (Fsp3) is 0.0909. The number of sulfone groups is 1. The Labute approximate surface area is 163 Å². The molecule has 0 fully saturated rings. The third kappa shape index (κ3) is 2.82. The molecule has 5 nitrogen and oxygen atoms in total. The van der Waals surface area contributed by atoms with E-state index in [-0.39, 0.29) is 15.6 Å². The fourth-order valence-electron chi connectivity index (χ4n) is 3.46. The van der Waals surface area contributed by atoms with Crippen LogP contribution in [0, 0.1) is 6.92 Å². The van der Waals surface area contributed by atoms with Crippen molar-refractivity contribution in [3.05, 3.63) is 94.9 Å². The molecule has 0 saturated heterocycles. The Kier molecular flexibility index (Phi) is 4.16. The minimum absolute atomic E-state index is 0.0496. The van der Waals surface area contributed by atoms with E-state index in [0.717, 1.165) is 5.56 Å². The zero-order valence-electron chi connectivity index (χ0n) is 15.0. The van der Waals surface area contributed by atoms with Crippen molar-refractivity contribution >= 4 is 27.1 Å². The summed E-state index contributed by atoms with van der Waals surface area (Å²) in [4.78, 5) is 24.3. The molecule has 0 atom stereocenters. The van der Waals surface area contributed by atoms with Crippen LogP contribution >= 0.6 is 0 Å². The molecule has 1 spiro atoms. The number of rotatable bonds is 3. The second-order valence-electron chi connectivity index (χ2n) is 6.78. The van der Waals surface area contributed by atoms with Crippen molar-refractivity contribution in [3.8, 4) is 0 Å². The van der Waals surface area contributed by atoms with Crippen molar-refractivity contribution in [2.45, 2.75) is 17.4 Å². The van der Waals surface area contributed by atoms with Crippen LogP contribution in [-0.4, -0.2) is 25.6 Å². The molecule has 0 radical (unpaired) electrons. The predicted octanol–water partition coefficient (Wildman–Crippen LogP) is 2.74. The highest BCUT2D eigenvalue weighted by atomic mass is 32.2. The van der Waals surface area contributed by atoms with Crippen LogP contribution < -0.4 is 5.32 Å². The van der Waals surface area contributed by atoms with Gasteiger partial charge in [0, 0.05) is 5.57 Å². The van der Waals surface area contributed by atoms with Crippen LogP contribution in [0.3, 0.4) is 0 Å². The van der Waals surface area contributed by atoms with E-state index in [1.54, 1.807) is 36.4 Å². The van der Waals surface area contributed by atoms with Crippen LogP contribution in [-0.2, 0) is 19.4 Å². The molecule has 1 aliphatic carbocycles. The van der Waals surface area contributed by atoms with E-state index in [1.165, 1.54) is 36.4 Å². The fourth-order valence-corrected chi connectivity index (χ4v) is 5.04. The van der Waals surface area contributed by atoms with Crippen molar-refractivity contribution in [2.24, 2.45) is 0 Å². The summed E-state index contributed by atoms with van der Waals surface area (Å²) in [5.74, 6) is -0.912. The van der Waals surface area contributed by atoms with Gasteiger partial charge in [0.05, 0.1) is 4.90 Å². The van der Waals surface area contributed by atoms with Crippen molar-refractivity contribution in [1.29, 1.82) is 0 Å². The Morgan fingerprint density at radius 1 is 0.857 bits per heavy atom. The van der Waals surface area contributed by atoms with Crippen LogP contribution in [0.15, 0.2) is 88.7 Å². The van der Waals surface area contributed by atoms with Crippen molar-refractivity contribution in [3.63, 3.8) is 0 Å². The van der Waals surface area contributed by atoms with Crippen LogP contribution in [0.5, 0.6) is 0 Å². The lowest BCUT2D eigenvalue weighted by molar-refractivity contribution is -0.117. The van der Waals surface area contributed by atoms with Crippen LogP contribution in [0.2, 0.25) is 0 Å². The van der Waals surface area contributed by atoms with Gasteiger partial charge in [0.15, 0.2) is 5.78 Å². The summed E-state index contributed by atoms with van der Waals surface area (Å²) in [6.45, 7) is 1.86. The lowest BCUT2D eigenvalue weighted by Crippen LogP contribution is -2.41. The second kappa shape index (κ2) is 6.42. The van der Waals surface area contributed by atoms with E-state index in [2.05, 4.69) is 5.32 Å². The molecule has 1 aliphatic heterocycles. The van der Waals surface area contributed by atoms with Gasteiger partial charge in [-0.3, -0.25) is 9.59 Å². The summed E-state index contributed by atoms with van der Waals surface area (Å²) in [6.07, 6.45) is 5.75. The molecule has 2 aromatic carbocycles. The minimum atomic E-state index is -4.08. The molecule has 2 aliphatic rings. The number of allylic oxidation sites excluding steroid dienone is 2. The molecule has 140 valence electrons. The third-order valence-corrected chi connectivity index (χ3v) is 6.67. The van der Waals surface area contributed by atoms with E-state index in [1.807, 2.05) is 13.0 Å². The van der Waals surface area contributed by atoms with Gasteiger partial charge in [0.2, 0.25) is 9.84 Å². The minimum Gasteiger partial charge on any atom is -0.335 e. The molecule has 0 saturated carbocycles. The maximum Gasteiger partial charge on any atom is 0.264 e. The normalized spacial score (nSPS) is 18.0. The highest BCUT2D eigenvalue weighted by Crippen LogP contribution is 2.42. The van der Waals surface area contributed by atoms with Crippen molar-refractivity contribution in [1.82, 2.24) is 5.32 Å². The molecule has 4 rings (SSSR count). The Morgan fingerprint density at radius 3 is 2.07 bits per heavy atom. The van der Waals surface area contributed by atoms with Crippen molar-refractivity contribution in [2.75, 3.05) is 0 Å². The number of aryl methyl sites for hydroxylation is 1. The van der Waals surface area contributed by atoms with Crippen LogP contribution in [0.1, 0.15) is 11.1 Å². The topological polar surface area (TPSA) is 80.3 Å². The number of benzene rings is 2. The molecular weight excluding hydrogens is 374 g/mol. The number of carbonyl (C=O) groups excluding carboxylic acids is 2. The summed E-state index contributed by atoms with van der Waals surface area (Å²) in [5, 5.41) is 2.76. The average molecular weight is 391 g/mol. The quantitative estimate of drug-likeness (QED) is 0.872. The maximum atomic E-state index is 13.4. The van der Waals surface area contributed by atoms with Gasteiger partial charge in [-0.25, -0.2) is 8.42 Å². The monoisotopic (exact) mass is 391 g/mol. The number of nitrogens with one attached hydrogen (secondary N) is 1. The summed E-state index contributed by atoms with van der Waals surface area (Å²) in [5.41, 5.74) is 0.647. The molecule has 0 unspecified atom stereocenters. The number of ketones is 1. The Morgan fingerprint density at radius 2 is 1.46 bits per heavy atom. The van der Waals surface area contributed by atoms with Gasteiger partial charge in [0.1, 0.15) is 10.4 Å². The van der Waals surface area contributed by atoms with E-state index in [4.69, 9.17) is 0 Å². The third-order valence-electron chi connectivity index (χ3n) is 4.85. The van der Waals surface area contributed by atoms with Gasteiger partial charge in [0.25, 0.3) is 5.91 Å². The number of hydrogen-bond acceptors (Lipinski definition) is 4. The first-order chi connectivity index (χ1) is 13.3. The van der Waals surface area contributed by atoms with Gasteiger partial charge in [-0.1, -0.05) is 48.0 Å². The summed E-state index contributed by atoms with van der Waals surface area (Å²) in [7, 11) is -4.08. The Balaban J connectivity index is 2.01. The van der Waals surface area contributed by atoms with Crippen molar-refractivity contribution < 1.29 is 18.0 Å². The largest absolute Gasteiger partial charge is 0.335 e. The molecular formula is C22H17NO4S. The average Bonchev–Trinajstić information content (AvgIpc) is 2.98. The molecule has 2 aromatic rings. The molecule has 28 heavy (non-hydrogen) atoms. The lowest BCUT2D eigenvalue weighted by Gasteiger charge is -2.27. The van der Waals surface area contributed by atoms with E-state index >= 15 is 0 Å². The Bertz CT molecular complexity index is 1150. The first-order valence-corrected chi connectivity index (χ1v) is 10.2. The number of amides is 1. The van der Waals surface area contributed by atoms with Crippen LogP contribution in [0.25, 0.3) is 5.57 Å². The first kappa shape index (κ1) is 18.1. The lowest BCUT2D eigenvalue weighted by atomic mass is 9.83. The zero-order valence-corrected chi connectivity index (χ0v) is 15.9. The molecule has 6 heteroatoms. The highest BCUT2D eigenvalue weighted by molar-refractivity contribution is 7.96. The number of hydrogen-bond donors (Lipinski definition) is 1. The predicted molar refractivity (Wildman–Crippen MR) is 106 cm³/mol.